The number of alkyl halides is 3. The fourth-order valence-corrected chi connectivity index (χ4v) is 1.35. The second kappa shape index (κ2) is 3.76. The zero-order valence-electron chi connectivity index (χ0n) is 8.75. The van der Waals surface area contributed by atoms with Crippen LogP contribution in [0.25, 0.3) is 5.69 Å². The molecule has 7 heteroatoms. The zero-order valence-corrected chi connectivity index (χ0v) is 8.75. The van der Waals surface area contributed by atoms with Gasteiger partial charge in [0, 0.05) is 12.4 Å². The summed E-state index contributed by atoms with van der Waals surface area (Å²) < 4.78 is 38.0. The van der Waals surface area contributed by atoms with Gasteiger partial charge in [-0.05, 0) is 18.6 Å². The van der Waals surface area contributed by atoms with Crippen LogP contribution in [0.1, 0.15) is 11.1 Å². The van der Waals surface area contributed by atoms with Gasteiger partial charge < -0.3 is 4.98 Å². The molecule has 0 saturated carbocycles. The minimum absolute atomic E-state index is 0.0560. The predicted molar refractivity (Wildman–Crippen MR) is 53.9 cm³/mol. The van der Waals surface area contributed by atoms with Crippen molar-refractivity contribution < 1.29 is 13.2 Å². The number of aromatic amines is 1. The van der Waals surface area contributed by atoms with Crippen LogP contribution in [0, 0.1) is 6.92 Å². The van der Waals surface area contributed by atoms with Crippen LogP contribution in [0.15, 0.2) is 29.5 Å². The Hall–Kier alpha value is -2.05. The van der Waals surface area contributed by atoms with E-state index in [0.717, 1.165) is 16.4 Å². The molecule has 0 bridgehead atoms. The molecule has 2 rings (SSSR count). The van der Waals surface area contributed by atoms with Gasteiger partial charge in [0.05, 0.1) is 11.8 Å². The van der Waals surface area contributed by atoms with Gasteiger partial charge in [-0.25, -0.2) is 4.68 Å². The van der Waals surface area contributed by atoms with Crippen molar-refractivity contribution in [2.45, 2.75) is 13.1 Å². The molecule has 0 amide bonds. The van der Waals surface area contributed by atoms with Gasteiger partial charge in [-0.15, -0.1) is 0 Å². The Morgan fingerprint density at radius 1 is 1.41 bits per heavy atom. The highest BCUT2D eigenvalue weighted by Gasteiger charge is 2.32. The van der Waals surface area contributed by atoms with Crippen molar-refractivity contribution in [2.24, 2.45) is 0 Å². The Morgan fingerprint density at radius 3 is 2.71 bits per heavy atom. The summed E-state index contributed by atoms with van der Waals surface area (Å²) in [5.74, 6) is 0. The minimum Gasteiger partial charge on any atom is -0.327 e. The van der Waals surface area contributed by atoms with Crippen LogP contribution in [0.5, 0.6) is 0 Å². The first kappa shape index (κ1) is 11.4. The van der Waals surface area contributed by atoms with E-state index in [2.05, 4.69) is 10.1 Å². The molecular weight excluding hydrogens is 235 g/mol. The molecule has 90 valence electrons. The first-order chi connectivity index (χ1) is 7.88. The van der Waals surface area contributed by atoms with Gasteiger partial charge >= 0.3 is 6.18 Å². The van der Waals surface area contributed by atoms with Crippen LogP contribution in [0.3, 0.4) is 0 Å². The maximum atomic E-state index is 12.4. The number of nitrogens with one attached hydrogen (secondary N) is 1. The molecule has 0 aromatic carbocycles. The smallest absolute Gasteiger partial charge is 0.327 e. The minimum atomic E-state index is -4.46. The first-order valence-electron chi connectivity index (χ1n) is 4.69. The van der Waals surface area contributed by atoms with Crippen molar-refractivity contribution in [3.63, 3.8) is 0 Å². The third-order valence-electron chi connectivity index (χ3n) is 2.18. The number of hydrogen-bond donors (Lipinski definition) is 1. The van der Waals surface area contributed by atoms with Crippen LogP contribution < -0.4 is 5.56 Å². The van der Waals surface area contributed by atoms with Crippen molar-refractivity contribution in [3.05, 3.63) is 46.1 Å². The maximum absolute atomic E-state index is 12.4. The van der Waals surface area contributed by atoms with E-state index in [9.17, 15) is 18.0 Å². The number of H-pyrrole nitrogens is 1. The molecule has 4 nitrogen and oxygen atoms in total. The zero-order chi connectivity index (χ0) is 12.6. The van der Waals surface area contributed by atoms with Crippen molar-refractivity contribution in [2.75, 3.05) is 0 Å². The number of halogens is 3. The van der Waals surface area contributed by atoms with Gasteiger partial charge in [-0.2, -0.15) is 18.3 Å². The largest absolute Gasteiger partial charge is 0.419 e. The van der Waals surface area contributed by atoms with Crippen LogP contribution in [-0.4, -0.2) is 14.8 Å². The summed E-state index contributed by atoms with van der Waals surface area (Å²) in [6.45, 7) is 1.72. The third-order valence-corrected chi connectivity index (χ3v) is 2.18. The van der Waals surface area contributed by atoms with Crippen molar-refractivity contribution in [1.29, 1.82) is 0 Å². The summed E-state index contributed by atoms with van der Waals surface area (Å²) in [5.41, 5.74) is -0.602. The lowest BCUT2D eigenvalue weighted by Gasteiger charge is -2.02. The Labute approximate surface area is 93.7 Å². The molecule has 2 aromatic heterocycles. The number of pyridine rings is 1. The fourth-order valence-electron chi connectivity index (χ4n) is 1.35. The molecule has 2 heterocycles. The van der Waals surface area contributed by atoms with Gasteiger partial charge in [0.15, 0.2) is 0 Å². The van der Waals surface area contributed by atoms with Gasteiger partial charge in [0.25, 0.3) is 5.56 Å². The molecule has 2 aromatic rings. The van der Waals surface area contributed by atoms with Gasteiger partial charge in [0.2, 0.25) is 0 Å². The molecule has 0 aliphatic rings. The number of nitrogens with zero attached hydrogens (tertiary/aromatic N) is 2. The Balaban J connectivity index is 2.51. The van der Waals surface area contributed by atoms with Crippen molar-refractivity contribution >= 4 is 0 Å². The standard InChI is InChI=1S/C10H8F3N3O/c1-6-2-8(9(17)14-3-6)16-5-7(4-15-16)10(11,12)13/h2-5H,1H3,(H,14,17). The molecule has 1 N–H and O–H groups in total. The number of rotatable bonds is 1. The van der Waals surface area contributed by atoms with E-state index in [1.165, 1.54) is 12.3 Å². The summed E-state index contributed by atoms with van der Waals surface area (Å²) in [7, 11) is 0. The molecule has 17 heavy (non-hydrogen) atoms. The Morgan fingerprint density at radius 2 is 2.12 bits per heavy atom. The highest BCUT2D eigenvalue weighted by Crippen LogP contribution is 2.28. The van der Waals surface area contributed by atoms with E-state index in [4.69, 9.17) is 0 Å². The van der Waals surface area contributed by atoms with Gasteiger partial charge in [-0.1, -0.05) is 0 Å². The Bertz CT molecular complexity index is 597. The maximum Gasteiger partial charge on any atom is 0.419 e. The van der Waals surface area contributed by atoms with Gasteiger partial charge in [0.1, 0.15) is 5.69 Å². The Kier molecular flexibility index (Phi) is 2.53. The SMILES string of the molecule is Cc1c[nH]c(=O)c(-n2cc(C(F)(F)F)cn2)c1. The third kappa shape index (κ3) is 2.22. The van der Waals surface area contributed by atoms with Crippen LogP contribution in [0.2, 0.25) is 0 Å². The molecule has 0 radical (unpaired) electrons. The number of aryl methyl sites for hydroxylation is 1. The lowest BCUT2D eigenvalue weighted by Crippen LogP contribution is -2.14. The lowest BCUT2D eigenvalue weighted by atomic mass is 10.3. The van der Waals surface area contributed by atoms with E-state index in [0.29, 0.717) is 6.20 Å². The van der Waals surface area contributed by atoms with Crippen LogP contribution in [-0.2, 0) is 6.18 Å². The van der Waals surface area contributed by atoms with Crippen molar-refractivity contribution in [1.82, 2.24) is 14.8 Å². The summed E-state index contributed by atoms with van der Waals surface area (Å²) in [5, 5.41) is 3.53. The summed E-state index contributed by atoms with van der Waals surface area (Å²) >= 11 is 0. The van der Waals surface area contributed by atoms with E-state index in [1.54, 1.807) is 6.92 Å². The molecular formula is C10H8F3N3O. The molecule has 0 spiro atoms. The molecule has 0 aliphatic carbocycles. The quantitative estimate of drug-likeness (QED) is 0.831. The van der Waals surface area contributed by atoms with Crippen molar-refractivity contribution in [3.8, 4) is 5.69 Å². The molecule has 0 unspecified atom stereocenters. The molecule has 0 atom stereocenters. The summed E-state index contributed by atoms with van der Waals surface area (Å²) in [6.07, 6.45) is -1.53. The topological polar surface area (TPSA) is 50.7 Å². The average molecular weight is 243 g/mol. The second-order valence-electron chi connectivity index (χ2n) is 3.56. The summed E-state index contributed by atoms with van der Waals surface area (Å²) in [4.78, 5) is 13.9. The monoisotopic (exact) mass is 243 g/mol. The fraction of sp³-hybridized carbons (Fsp3) is 0.200. The summed E-state index contributed by atoms with van der Waals surface area (Å²) in [6, 6.07) is 1.46. The number of hydrogen-bond acceptors (Lipinski definition) is 2. The number of aromatic nitrogens is 3. The van der Waals surface area contributed by atoms with E-state index in [-0.39, 0.29) is 5.69 Å². The van der Waals surface area contributed by atoms with E-state index < -0.39 is 17.3 Å². The van der Waals surface area contributed by atoms with Crippen LogP contribution >= 0.6 is 0 Å². The highest BCUT2D eigenvalue weighted by molar-refractivity contribution is 5.31. The predicted octanol–water partition coefficient (Wildman–Crippen LogP) is 1.89. The van der Waals surface area contributed by atoms with E-state index in [1.807, 2.05) is 0 Å². The van der Waals surface area contributed by atoms with E-state index >= 15 is 0 Å². The molecule has 0 fully saturated rings. The van der Waals surface area contributed by atoms with Gasteiger partial charge in [-0.3, -0.25) is 4.79 Å². The normalized spacial score (nSPS) is 11.8. The van der Waals surface area contributed by atoms with Crippen LogP contribution in [0.4, 0.5) is 13.2 Å². The average Bonchev–Trinajstić information content (AvgIpc) is 2.70. The molecule has 0 aliphatic heterocycles. The lowest BCUT2D eigenvalue weighted by molar-refractivity contribution is -0.137. The molecule has 0 saturated heterocycles. The highest BCUT2D eigenvalue weighted by atomic mass is 19.4. The first-order valence-corrected chi connectivity index (χ1v) is 4.69. The second-order valence-corrected chi connectivity index (χ2v) is 3.56.